The molecule has 0 amide bonds. The lowest BCUT2D eigenvalue weighted by molar-refractivity contribution is -0.123. The molecule has 0 radical (unpaired) electrons. The summed E-state index contributed by atoms with van der Waals surface area (Å²) in [6.45, 7) is 1.30. The molecule has 58 valence electrons. The second-order valence-corrected chi connectivity index (χ2v) is 2.18. The minimum absolute atomic E-state index is 0.0886. The molecule has 0 aromatic carbocycles. The fourth-order valence-electron chi connectivity index (χ4n) is 0.575. The first-order chi connectivity index (χ1) is 4.57. The van der Waals surface area contributed by atoms with E-state index < -0.39 is 6.04 Å². The van der Waals surface area contributed by atoms with Crippen LogP contribution in [0.4, 0.5) is 0 Å². The fraction of sp³-hybridized carbons (Fsp3) is 0.667. The Morgan fingerprint density at radius 3 is 2.30 bits per heavy atom. The van der Waals surface area contributed by atoms with Crippen molar-refractivity contribution in [2.75, 3.05) is 6.54 Å². The summed E-state index contributed by atoms with van der Waals surface area (Å²) in [6, 6.07) is -0.706. The van der Waals surface area contributed by atoms with Crippen LogP contribution >= 0.6 is 0 Å². The highest BCUT2D eigenvalue weighted by Crippen LogP contribution is 1.89. The first kappa shape index (κ1) is 9.26. The Hall–Kier alpha value is -0.740. The van der Waals surface area contributed by atoms with Gasteiger partial charge >= 0.3 is 0 Å². The molecule has 0 saturated carbocycles. The number of rotatable bonds is 4. The van der Waals surface area contributed by atoms with E-state index >= 15 is 0 Å². The lowest BCUT2D eigenvalue weighted by atomic mass is 10.1. The van der Waals surface area contributed by atoms with Gasteiger partial charge in [0.1, 0.15) is 5.78 Å². The third-order valence-electron chi connectivity index (χ3n) is 1.12. The Labute approximate surface area is 59.6 Å². The third-order valence-corrected chi connectivity index (χ3v) is 1.12. The lowest BCUT2D eigenvalue weighted by Gasteiger charge is -2.04. The summed E-state index contributed by atoms with van der Waals surface area (Å²) in [4.78, 5) is 21.0. The molecule has 4 heteroatoms. The van der Waals surface area contributed by atoms with E-state index in [4.69, 9.17) is 11.5 Å². The number of ketones is 2. The fourth-order valence-corrected chi connectivity index (χ4v) is 0.575. The van der Waals surface area contributed by atoms with Crippen LogP contribution in [0, 0.1) is 0 Å². The zero-order chi connectivity index (χ0) is 8.15. The first-order valence-corrected chi connectivity index (χ1v) is 3.05. The van der Waals surface area contributed by atoms with Gasteiger partial charge in [0.2, 0.25) is 0 Å². The minimum atomic E-state index is -0.706. The van der Waals surface area contributed by atoms with Crippen molar-refractivity contribution < 1.29 is 9.59 Å². The predicted octanol–water partition coefficient (Wildman–Crippen LogP) is -1.18. The van der Waals surface area contributed by atoms with Crippen LogP contribution < -0.4 is 11.5 Å². The second kappa shape index (κ2) is 4.14. The van der Waals surface area contributed by atoms with Crippen LogP contribution in [0.2, 0.25) is 0 Å². The molecule has 0 fully saturated rings. The van der Waals surface area contributed by atoms with Gasteiger partial charge < -0.3 is 11.5 Å². The van der Waals surface area contributed by atoms with Crippen molar-refractivity contribution >= 4 is 11.6 Å². The van der Waals surface area contributed by atoms with Gasteiger partial charge in [-0.3, -0.25) is 9.59 Å². The van der Waals surface area contributed by atoms with Gasteiger partial charge in [-0.05, 0) is 6.92 Å². The molecule has 0 aliphatic heterocycles. The Balaban J connectivity index is 3.72. The van der Waals surface area contributed by atoms with Crippen molar-refractivity contribution in [3.05, 3.63) is 0 Å². The van der Waals surface area contributed by atoms with Crippen molar-refractivity contribution in [1.29, 1.82) is 0 Å². The molecule has 0 bridgehead atoms. The first-order valence-electron chi connectivity index (χ1n) is 3.05. The average molecular weight is 144 g/mol. The smallest absolute Gasteiger partial charge is 0.163 e. The lowest BCUT2D eigenvalue weighted by Crippen LogP contribution is -2.36. The van der Waals surface area contributed by atoms with Crippen LogP contribution in [0.15, 0.2) is 0 Å². The zero-order valence-corrected chi connectivity index (χ0v) is 5.96. The number of carbonyl (C=O) groups is 2. The van der Waals surface area contributed by atoms with Gasteiger partial charge in [-0.2, -0.15) is 0 Å². The van der Waals surface area contributed by atoms with E-state index in [1.54, 1.807) is 0 Å². The number of Topliss-reactive ketones (excluding diaryl/α,β-unsaturated/α-hetero) is 2. The maximum absolute atomic E-state index is 10.6. The van der Waals surface area contributed by atoms with Gasteiger partial charge in [0.25, 0.3) is 0 Å². The van der Waals surface area contributed by atoms with E-state index in [2.05, 4.69) is 0 Å². The van der Waals surface area contributed by atoms with E-state index in [-0.39, 0.29) is 24.5 Å². The third kappa shape index (κ3) is 3.32. The van der Waals surface area contributed by atoms with Crippen molar-refractivity contribution in [2.45, 2.75) is 19.4 Å². The predicted molar refractivity (Wildman–Crippen MR) is 37.3 cm³/mol. The minimum Gasteiger partial charge on any atom is -0.324 e. The quantitative estimate of drug-likeness (QED) is 0.520. The number of hydrogen-bond acceptors (Lipinski definition) is 4. The Bertz CT molecular complexity index is 145. The molecule has 0 aliphatic rings. The molecule has 0 spiro atoms. The molecule has 1 unspecified atom stereocenters. The molecule has 1 atom stereocenters. The van der Waals surface area contributed by atoms with Gasteiger partial charge in [0, 0.05) is 6.42 Å². The highest BCUT2D eigenvalue weighted by Gasteiger charge is 2.12. The Kier molecular flexibility index (Phi) is 3.83. The van der Waals surface area contributed by atoms with Gasteiger partial charge in [-0.15, -0.1) is 0 Å². The van der Waals surface area contributed by atoms with E-state index in [0.717, 1.165) is 0 Å². The zero-order valence-electron chi connectivity index (χ0n) is 5.96. The standard InChI is InChI=1S/C6H12N2O2/c1-4(9)2-5(8)6(10)3-7/h5H,2-3,7-8H2,1H3. The van der Waals surface area contributed by atoms with Crippen molar-refractivity contribution in [1.82, 2.24) is 0 Å². The van der Waals surface area contributed by atoms with E-state index in [1.807, 2.05) is 0 Å². The van der Waals surface area contributed by atoms with Gasteiger partial charge in [0.15, 0.2) is 5.78 Å². The van der Waals surface area contributed by atoms with Crippen molar-refractivity contribution in [3.63, 3.8) is 0 Å². The van der Waals surface area contributed by atoms with E-state index in [1.165, 1.54) is 6.92 Å². The van der Waals surface area contributed by atoms with Crippen LogP contribution in [0.1, 0.15) is 13.3 Å². The van der Waals surface area contributed by atoms with Crippen LogP contribution in [-0.2, 0) is 9.59 Å². The number of nitrogens with two attached hydrogens (primary N) is 2. The van der Waals surface area contributed by atoms with Crippen LogP contribution in [0.25, 0.3) is 0 Å². The molecule has 4 N–H and O–H groups in total. The molecule has 0 saturated heterocycles. The van der Waals surface area contributed by atoms with Crippen molar-refractivity contribution in [2.24, 2.45) is 11.5 Å². The largest absolute Gasteiger partial charge is 0.324 e. The average Bonchev–Trinajstić information content (AvgIpc) is 1.85. The summed E-state index contributed by atoms with van der Waals surface area (Å²) >= 11 is 0. The van der Waals surface area contributed by atoms with E-state index in [9.17, 15) is 9.59 Å². The van der Waals surface area contributed by atoms with E-state index in [0.29, 0.717) is 0 Å². The molecule has 0 aliphatic carbocycles. The molecule has 0 aromatic rings. The summed E-state index contributed by atoms with van der Waals surface area (Å²) in [5.74, 6) is -0.357. The Morgan fingerprint density at radius 2 is 2.00 bits per heavy atom. The Morgan fingerprint density at radius 1 is 1.50 bits per heavy atom. The number of hydrogen-bond donors (Lipinski definition) is 2. The molecule has 0 aromatic heterocycles. The van der Waals surface area contributed by atoms with Gasteiger partial charge in [0.05, 0.1) is 12.6 Å². The van der Waals surface area contributed by atoms with Crippen molar-refractivity contribution in [3.8, 4) is 0 Å². The SMILES string of the molecule is CC(=O)CC(N)C(=O)CN. The van der Waals surface area contributed by atoms with Gasteiger partial charge in [-0.25, -0.2) is 0 Å². The molecular weight excluding hydrogens is 132 g/mol. The van der Waals surface area contributed by atoms with Crippen LogP contribution in [-0.4, -0.2) is 24.2 Å². The maximum atomic E-state index is 10.6. The molecular formula is C6H12N2O2. The van der Waals surface area contributed by atoms with Gasteiger partial charge in [-0.1, -0.05) is 0 Å². The van der Waals surface area contributed by atoms with Crippen LogP contribution in [0.5, 0.6) is 0 Å². The maximum Gasteiger partial charge on any atom is 0.163 e. The summed E-state index contributed by atoms with van der Waals surface area (Å²) in [5, 5.41) is 0. The second-order valence-electron chi connectivity index (χ2n) is 2.18. The topological polar surface area (TPSA) is 86.2 Å². The molecule has 0 rings (SSSR count). The summed E-state index contributed by atoms with van der Waals surface area (Å²) in [6.07, 6.45) is 0.0933. The summed E-state index contributed by atoms with van der Waals surface area (Å²) in [7, 11) is 0. The van der Waals surface area contributed by atoms with Crippen LogP contribution in [0.3, 0.4) is 0 Å². The molecule has 4 nitrogen and oxygen atoms in total. The highest BCUT2D eigenvalue weighted by atomic mass is 16.1. The number of carbonyl (C=O) groups excluding carboxylic acids is 2. The summed E-state index contributed by atoms with van der Waals surface area (Å²) in [5.41, 5.74) is 10.3. The molecule has 10 heavy (non-hydrogen) atoms. The summed E-state index contributed by atoms with van der Waals surface area (Å²) < 4.78 is 0. The molecule has 0 heterocycles. The highest BCUT2D eigenvalue weighted by molar-refractivity contribution is 5.90. The monoisotopic (exact) mass is 144 g/mol. The normalized spacial score (nSPS) is 12.7.